The lowest BCUT2D eigenvalue weighted by atomic mass is 10.0. The minimum atomic E-state index is -0.0772. The van der Waals surface area contributed by atoms with Gasteiger partial charge in [0, 0.05) is 6.07 Å². The number of fused-ring (bicyclic) bond motifs is 1. The predicted molar refractivity (Wildman–Crippen MR) is 81.8 cm³/mol. The Morgan fingerprint density at radius 1 is 1.14 bits per heavy atom. The van der Waals surface area contributed by atoms with E-state index in [4.69, 9.17) is 9.47 Å². The van der Waals surface area contributed by atoms with Crippen molar-refractivity contribution in [2.24, 2.45) is 0 Å². The molecule has 0 unspecified atom stereocenters. The highest BCUT2D eigenvalue weighted by Gasteiger charge is 2.29. The molecule has 21 heavy (non-hydrogen) atoms. The summed E-state index contributed by atoms with van der Waals surface area (Å²) in [4.78, 5) is 12.5. The van der Waals surface area contributed by atoms with E-state index in [-0.39, 0.29) is 5.78 Å². The minimum Gasteiger partial charge on any atom is -0.497 e. The molecule has 0 N–H and O–H groups in total. The van der Waals surface area contributed by atoms with Gasteiger partial charge in [-0.15, -0.1) is 0 Å². The zero-order valence-corrected chi connectivity index (χ0v) is 12.3. The first-order valence-electron chi connectivity index (χ1n) is 6.78. The molecule has 0 amide bonds. The third-order valence-corrected chi connectivity index (χ3v) is 3.52. The molecule has 2 aromatic rings. The molecule has 1 aliphatic rings. The molecule has 2 aromatic carbocycles. The quantitative estimate of drug-likeness (QED) is 0.782. The number of allylic oxidation sites excluding steroid dienone is 1. The van der Waals surface area contributed by atoms with Crippen LogP contribution in [-0.2, 0) is 0 Å². The van der Waals surface area contributed by atoms with Gasteiger partial charge in [-0.1, -0.05) is 29.8 Å². The number of methoxy groups -OCH3 is 1. The standard InChI is InChI=1S/C18H16O3/c1-11-5-4-6-13(7-11)9-16-18(19)17-12(2)8-14(20-3)10-15(17)21-16/h4-10H,1-3H3/b16-9-. The van der Waals surface area contributed by atoms with Crippen LogP contribution >= 0.6 is 0 Å². The topological polar surface area (TPSA) is 35.5 Å². The van der Waals surface area contributed by atoms with Gasteiger partial charge in [-0.2, -0.15) is 0 Å². The van der Waals surface area contributed by atoms with Crippen LogP contribution in [0.15, 0.2) is 42.2 Å². The molecule has 0 spiro atoms. The molecular formula is C18H16O3. The molecule has 3 heteroatoms. The van der Waals surface area contributed by atoms with Crippen LogP contribution in [-0.4, -0.2) is 12.9 Å². The Morgan fingerprint density at radius 3 is 2.67 bits per heavy atom. The predicted octanol–water partition coefficient (Wildman–Crippen LogP) is 3.93. The average Bonchev–Trinajstić information content (AvgIpc) is 2.75. The number of carbonyl (C=O) groups excluding carboxylic acids is 1. The van der Waals surface area contributed by atoms with Gasteiger partial charge in [0.2, 0.25) is 5.78 Å². The zero-order valence-electron chi connectivity index (χ0n) is 12.3. The summed E-state index contributed by atoms with van der Waals surface area (Å²) in [6.07, 6.45) is 1.78. The van der Waals surface area contributed by atoms with E-state index in [2.05, 4.69) is 0 Å². The first-order chi connectivity index (χ1) is 10.1. The van der Waals surface area contributed by atoms with Crippen molar-refractivity contribution in [3.8, 4) is 11.5 Å². The molecule has 0 saturated carbocycles. The highest BCUT2D eigenvalue weighted by atomic mass is 16.5. The number of Topliss-reactive ketones (excluding diaryl/α,β-unsaturated/α-hetero) is 1. The molecule has 0 radical (unpaired) electrons. The smallest absolute Gasteiger partial charge is 0.232 e. The maximum absolute atomic E-state index is 12.5. The second kappa shape index (κ2) is 5.09. The van der Waals surface area contributed by atoms with Crippen LogP contribution in [0.25, 0.3) is 6.08 Å². The van der Waals surface area contributed by atoms with Gasteiger partial charge in [-0.25, -0.2) is 0 Å². The fourth-order valence-corrected chi connectivity index (χ4v) is 2.51. The van der Waals surface area contributed by atoms with E-state index in [0.717, 1.165) is 16.7 Å². The summed E-state index contributed by atoms with van der Waals surface area (Å²) >= 11 is 0. The van der Waals surface area contributed by atoms with E-state index in [1.807, 2.05) is 44.2 Å². The highest BCUT2D eigenvalue weighted by molar-refractivity contribution is 6.15. The maximum atomic E-state index is 12.5. The van der Waals surface area contributed by atoms with Crippen molar-refractivity contribution in [2.45, 2.75) is 13.8 Å². The normalized spacial score (nSPS) is 15.0. The monoisotopic (exact) mass is 280 g/mol. The summed E-state index contributed by atoms with van der Waals surface area (Å²) in [6.45, 7) is 3.90. The van der Waals surface area contributed by atoms with E-state index in [1.54, 1.807) is 19.3 Å². The van der Waals surface area contributed by atoms with Crippen LogP contribution in [0, 0.1) is 13.8 Å². The van der Waals surface area contributed by atoms with Crippen LogP contribution in [0.2, 0.25) is 0 Å². The average molecular weight is 280 g/mol. The van der Waals surface area contributed by atoms with Crippen molar-refractivity contribution in [3.05, 3.63) is 64.4 Å². The van der Waals surface area contributed by atoms with E-state index in [9.17, 15) is 4.79 Å². The highest BCUT2D eigenvalue weighted by Crippen LogP contribution is 2.37. The Kier molecular flexibility index (Phi) is 3.26. The third kappa shape index (κ3) is 2.42. The number of carbonyl (C=O) groups is 1. The molecule has 1 heterocycles. The van der Waals surface area contributed by atoms with Crippen LogP contribution in [0.5, 0.6) is 11.5 Å². The summed E-state index contributed by atoms with van der Waals surface area (Å²) in [6, 6.07) is 11.5. The lowest BCUT2D eigenvalue weighted by molar-refractivity contribution is 0.101. The van der Waals surface area contributed by atoms with Gasteiger partial charge in [0.1, 0.15) is 11.5 Å². The summed E-state index contributed by atoms with van der Waals surface area (Å²) in [5.74, 6) is 1.53. The summed E-state index contributed by atoms with van der Waals surface area (Å²) in [5.41, 5.74) is 3.58. The van der Waals surface area contributed by atoms with Crippen molar-refractivity contribution in [1.29, 1.82) is 0 Å². The summed E-state index contributed by atoms with van der Waals surface area (Å²) in [5, 5.41) is 0. The first kappa shape index (κ1) is 13.4. The Bertz CT molecular complexity index is 757. The molecule has 0 aliphatic carbocycles. The number of rotatable bonds is 2. The van der Waals surface area contributed by atoms with Crippen molar-refractivity contribution in [3.63, 3.8) is 0 Å². The third-order valence-electron chi connectivity index (χ3n) is 3.52. The zero-order chi connectivity index (χ0) is 15.0. The van der Waals surface area contributed by atoms with Crippen molar-refractivity contribution < 1.29 is 14.3 Å². The van der Waals surface area contributed by atoms with Crippen LogP contribution < -0.4 is 9.47 Å². The van der Waals surface area contributed by atoms with Crippen LogP contribution in [0.4, 0.5) is 0 Å². The molecular weight excluding hydrogens is 264 g/mol. The van der Waals surface area contributed by atoms with E-state index >= 15 is 0 Å². The summed E-state index contributed by atoms with van der Waals surface area (Å²) in [7, 11) is 1.60. The van der Waals surface area contributed by atoms with Gasteiger partial charge in [-0.3, -0.25) is 4.79 Å². The number of hydrogen-bond donors (Lipinski definition) is 0. The van der Waals surface area contributed by atoms with Crippen molar-refractivity contribution >= 4 is 11.9 Å². The van der Waals surface area contributed by atoms with Crippen molar-refractivity contribution in [1.82, 2.24) is 0 Å². The van der Waals surface area contributed by atoms with Gasteiger partial charge in [0.25, 0.3) is 0 Å². The largest absolute Gasteiger partial charge is 0.497 e. The van der Waals surface area contributed by atoms with Gasteiger partial charge in [0.15, 0.2) is 5.76 Å². The van der Waals surface area contributed by atoms with Crippen LogP contribution in [0.1, 0.15) is 27.0 Å². The Labute approximate surface area is 123 Å². The second-order valence-corrected chi connectivity index (χ2v) is 5.17. The van der Waals surface area contributed by atoms with Crippen molar-refractivity contribution in [2.75, 3.05) is 7.11 Å². The molecule has 3 nitrogen and oxygen atoms in total. The SMILES string of the molecule is COc1cc(C)c2c(c1)O/C(=C\c1cccc(C)c1)C2=O. The van der Waals surface area contributed by atoms with E-state index in [0.29, 0.717) is 22.8 Å². The molecule has 0 fully saturated rings. The molecule has 0 aromatic heterocycles. The lowest BCUT2D eigenvalue weighted by Crippen LogP contribution is -1.99. The van der Waals surface area contributed by atoms with Gasteiger partial charge >= 0.3 is 0 Å². The molecule has 3 rings (SSSR count). The lowest BCUT2D eigenvalue weighted by Gasteiger charge is -2.04. The molecule has 0 saturated heterocycles. The molecule has 0 bridgehead atoms. The van der Waals surface area contributed by atoms with E-state index < -0.39 is 0 Å². The van der Waals surface area contributed by atoms with Gasteiger partial charge in [-0.05, 0) is 37.1 Å². The van der Waals surface area contributed by atoms with Gasteiger partial charge in [0.05, 0.1) is 12.7 Å². The number of benzene rings is 2. The fourth-order valence-electron chi connectivity index (χ4n) is 2.51. The maximum Gasteiger partial charge on any atom is 0.232 e. The minimum absolute atomic E-state index is 0.0772. The number of aryl methyl sites for hydroxylation is 2. The second-order valence-electron chi connectivity index (χ2n) is 5.17. The van der Waals surface area contributed by atoms with Gasteiger partial charge < -0.3 is 9.47 Å². The molecule has 1 aliphatic heterocycles. The molecule has 106 valence electrons. The Balaban J connectivity index is 2.02. The Morgan fingerprint density at radius 2 is 1.95 bits per heavy atom. The number of ketones is 1. The number of ether oxygens (including phenoxy) is 2. The Hall–Kier alpha value is -2.55. The first-order valence-corrected chi connectivity index (χ1v) is 6.78. The summed E-state index contributed by atoms with van der Waals surface area (Å²) < 4.78 is 10.9. The fraction of sp³-hybridized carbons (Fsp3) is 0.167. The van der Waals surface area contributed by atoms with E-state index in [1.165, 1.54) is 0 Å². The molecule has 0 atom stereocenters. The number of hydrogen-bond acceptors (Lipinski definition) is 3. The van der Waals surface area contributed by atoms with Crippen LogP contribution in [0.3, 0.4) is 0 Å².